The summed E-state index contributed by atoms with van der Waals surface area (Å²) in [5.74, 6) is 0.00596. The minimum Gasteiger partial charge on any atom is -0.427 e. The Bertz CT molecular complexity index is 244. The molecule has 0 saturated heterocycles. The first-order valence-electron chi connectivity index (χ1n) is 7.85. The van der Waals surface area contributed by atoms with Crippen molar-refractivity contribution in [1.29, 1.82) is 0 Å². The monoisotopic (exact) mass is 270 g/mol. The van der Waals surface area contributed by atoms with Gasteiger partial charge in [-0.05, 0) is 12.8 Å². The smallest absolute Gasteiger partial charge is 0.427 e. The minimum absolute atomic E-state index is 0.00596. The molecule has 2 N–H and O–H groups in total. The highest BCUT2D eigenvalue weighted by Gasteiger charge is 2.33. The molecule has 1 unspecified atom stereocenters. The zero-order chi connectivity index (χ0) is 14.7. The van der Waals surface area contributed by atoms with E-state index in [1.54, 1.807) is 0 Å². The van der Waals surface area contributed by atoms with Gasteiger partial charge in [-0.1, -0.05) is 65.7 Å². The lowest BCUT2D eigenvalue weighted by molar-refractivity contribution is -0.126. The van der Waals surface area contributed by atoms with E-state index in [0.29, 0.717) is 0 Å². The van der Waals surface area contributed by atoms with E-state index in [2.05, 4.69) is 13.8 Å². The zero-order valence-electron chi connectivity index (χ0n) is 13.0. The molecule has 0 bridgehead atoms. The number of carbonyl (C=O) groups excluding carboxylic acids is 1. The first-order chi connectivity index (χ1) is 8.96. The third-order valence-electron chi connectivity index (χ3n) is 3.96. The number of ketones is 1. The Hall–Kier alpha value is -0.345. The maximum Gasteiger partial charge on any atom is 0.459 e. The average molecular weight is 270 g/mol. The normalized spacial score (nSPS) is 14.2. The van der Waals surface area contributed by atoms with Crippen molar-refractivity contribution in [3.8, 4) is 0 Å². The summed E-state index contributed by atoms with van der Waals surface area (Å²) in [6.45, 7) is 6.30. The molecular formula is C15H31BO3. The highest BCUT2D eigenvalue weighted by molar-refractivity contribution is 6.46. The molecule has 0 fully saturated rings. The van der Waals surface area contributed by atoms with Gasteiger partial charge in [-0.15, -0.1) is 0 Å². The van der Waals surface area contributed by atoms with Gasteiger partial charge in [-0.25, -0.2) is 0 Å². The van der Waals surface area contributed by atoms with Gasteiger partial charge in [-0.2, -0.15) is 0 Å². The van der Waals surface area contributed by atoms with Gasteiger partial charge in [0.25, 0.3) is 0 Å². The minimum atomic E-state index is -1.51. The third kappa shape index (κ3) is 8.43. The van der Waals surface area contributed by atoms with Crippen molar-refractivity contribution < 1.29 is 14.8 Å². The fraction of sp³-hybridized carbons (Fsp3) is 0.933. The highest BCUT2D eigenvalue weighted by atomic mass is 16.4. The topological polar surface area (TPSA) is 57.5 Å². The van der Waals surface area contributed by atoms with Crippen LogP contribution in [-0.2, 0) is 4.79 Å². The van der Waals surface area contributed by atoms with E-state index in [4.69, 9.17) is 10.0 Å². The van der Waals surface area contributed by atoms with E-state index >= 15 is 0 Å². The molecule has 0 aliphatic carbocycles. The van der Waals surface area contributed by atoms with E-state index in [9.17, 15) is 4.79 Å². The van der Waals surface area contributed by atoms with E-state index in [1.165, 1.54) is 25.7 Å². The predicted molar refractivity (Wildman–Crippen MR) is 81.0 cm³/mol. The van der Waals surface area contributed by atoms with E-state index in [-0.39, 0.29) is 17.5 Å². The summed E-state index contributed by atoms with van der Waals surface area (Å²) < 4.78 is 0. The van der Waals surface area contributed by atoms with Gasteiger partial charge in [0.15, 0.2) is 0 Å². The van der Waals surface area contributed by atoms with Gasteiger partial charge in [0, 0.05) is 11.7 Å². The van der Waals surface area contributed by atoms with Crippen molar-refractivity contribution in [2.24, 2.45) is 5.41 Å². The summed E-state index contributed by atoms with van der Waals surface area (Å²) in [6, 6.07) is 0. The Kier molecular flexibility index (Phi) is 10.3. The molecule has 0 spiro atoms. The molecule has 0 aromatic carbocycles. The molecule has 1 atom stereocenters. The molecule has 0 heterocycles. The van der Waals surface area contributed by atoms with Crippen molar-refractivity contribution in [2.45, 2.75) is 84.9 Å². The van der Waals surface area contributed by atoms with Gasteiger partial charge in [-0.3, -0.25) is 4.79 Å². The lowest BCUT2D eigenvalue weighted by atomic mass is 9.69. The molecule has 19 heavy (non-hydrogen) atoms. The number of unbranched alkanes of at least 4 members (excludes halogenated alkanes) is 5. The van der Waals surface area contributed by atoms with Crippen LogP contribution in [0.3, 0.4) is 0 Å². The lowest BCUT2D eigenvalue weighted by Gasteiger charge is -2.28. The highest BCUT2D eigenvalue weighted by Crippen LogP contribution is 2.33. The van der Waals surface area contributed by atoms with Crippen LogP contribution < -0.4 is 0 Å². The second kappa shape index (κ2) is 10.4. The molecule has 3 nitrogen and oxygen atoms in total. The van der Waals surface area contributed by atoms with Gasteiger partial charge in [0.1, 0.15) is 5.78 Å². The van der Waals surface area contributed by atoms with Crippen LogP contribution in [0.15, 0.2) is 0 Å². The molecular weight excluding hydrogens is 239 g/mol. The number of carbonyl (C=O) groups is 1. The molecule has 0 aliphatic rings. The van der Waals surface area contributed by atoms with Gasteiger partial charge < -0.3 is 10.0 Å². The van der Waals surface area contributed by atoms with Gasteiger partial charge in [0.05, 0.1) is 0 Å². The maximum atomic E-state index is 12.2. The molecule has 4 heteroatoms. The second-order valence-corrected chi connectivity index (χ2v) is 5.94. The Morgan fingerprint density at radius 2 is 1.47 bits per heavy atom. The van der Waals surface area contributed by atoms with Crippen LogP contribution in [0.25, 0.3) is 0 Å². The van der Waals surface area contributed by atoms with Crippen molar-refractivity contribution in [3.05, 3.63) is 0 Å². The van der Waals surface area contributed by atoms with Crippen LogP contribution in [0.5, 0.6) is 0 Å². The van der Waals surface area contributed by atoms with Crippen LogP contribution in [0, 0.1) is 5.41 Å². The molecule has 0 amide bonds. The first kappa shape index (κ1) is 18.7. The molecule has 112 valence electrons. The first-order valence-corrected chi connectivity index (χ1v) is 7.85. The standard InChI is InChI=1S/C15H31BO3/c1-4-6-8-9-10-12-15(3,11-7-5-2)14(17)13-16(18)19/h18-19H,4-13H2,1-3H3. The Morgan fingerprint density at radius 1 is 0.947 bits per heavy atom. The van der Waals surface area contributed by atoms with Crippen LogP contribution in [0.2, 0.25) is 6.32 Å². The Balaban J connectivity index is 4.28. The number of hydrogen-bond acceptors (Lipinski definition) is 3. The summed E-state index contributed by atoms with van der Waals surface area (Å²) in [5, 5.41) is 18.0. The molecule has 0 rings (SSSR count). The fourth-order valence-corrected chi connectivity index (χ4v) is 2.50. The van der Waals surface area contributed by atoms with Gasteiger partial charge in [0.2, 0.25) is 0 Å². The van der Waals surface area contributed by atoms with Crippen molar-refractivity contribution in [3.63, 3.8) is 0 Å². The second-order valence-electron chi connectivity index (χ2n) is 5.94. The quantitative estimate of drug-likeness (QED) is 0.421. The fourth-order valence-electron chi connectivity index (χ4n) is 2.50. The van der Waals surface area contributed by atoms with Crippen LogP contribution in [0.1, 0.15) is 78.6 Å². The number of hydrogen-bond donors (Lipinski definition) is 2. The third-order valence-corrected chi connectivity index (χ3v) is 3.96. The lowest BCUT2D eigenvalue weighted by Crippen LogP contribution is -2.32. The maximum absolute atomic E-state index is 12.2. The summed E-state index contributed by atoms with van der Waals surface area (Å²) in [7, 11) is -1.51. The molecule has 0 saturated carbocycles. The number of rotatable bonds is 12. The average Bonchev–Trinajstić information content (AvgIpc) is 2.35. The largest absolute Gasteiger partial charge is 0.459 e. The summed E-state index contributed by atoms with van der Waals surface area (Å²) in [4.78, 5) is 12.2. The SMILES string of the molecule is CCCCCCCC(C)(CCCC)C(=O)CB(O)O. The summed E-state index contributed by atoms with van der Waals surface area (Å²) in [6.07, 6.45) is 9.66. The Morgan fingerprint density at radius 3 is 2.00 bits per heavy atom. The molecule has 0 aromatic heterocycles. The molecule has 0 radical (unpaired) electrons. The van der Waals surface area contributed by atoms with E-state index < -0.39 is 7.12 Å². The van der Waals surface area contributed by atoms with Crippen LogP contribution in [0.4, 0.5) is 0 Å². The summed E-state index contributed by atoms with van der Waals surface area (Å²) >= 11 is 0. The van der Waals surface area contributed by atoms with Crippen molar-refractivity contribution >= 4 is 12.9 Å². The van der Waals surface area contributed by atoms with E-state index in [1.807, 2.05) is 6.92 Å². The van der Waals surface area contributed by atoms with E-state index in [0.717, 1.165) is 32.1 Å². The molecule has 0 aliphatic heterocycles. The van der Waals surface area contributed by atoms with Crippen LogP contribution in [-0.4, -0.2) is 22.9 Å². The van der Waals surface area contributed by atoms with Crippen LogP contribution >= 0.6 is 0 Å². The zero-order valence-corrected chi connectivity index (χ0v) is 13.0. The summed E-state index contributed by atoms with van der Waals surface area (Å²) in [5.41, 5.74) is -0.369. The van der Waals surface area contributed by atoms with Crippen molar-refractivity contribution in [1.82, 2.24) is 0 Å². The molecule has 0 aromatic rings. The Labute approximate surface area is 118 Å². The van der Waals surface area contributed by atoms with Crippen molar-refractivity contribution in [2.75, 3.05) is 0 Å². The number of Topliss-reactive ketones (excluding diaryl/α,β-unsaturated/α-hetero) is 1. The predicted octanol–water partition coefficient (Wildman–Crippen LogP) is 3.59. The van der Waals surface area contributed by atoms with Gasteiger partial charge >= 0.3 is 7.12 Å².